The molecular weight excluding hydrogens is 344 g/mol. The van der Waals surface area contributed by atoms with Crippen molar-refractivity contribution in [2.75, 3.05) is 23.9 Å². The number of nitrogens with one attached hydrogen (secondary N) is 2. The van der Waals surface area contributed by atoms with Crippen LogP contribution in [0, 0.1) is 12.8 Å². The van der Waals surface area contributed by atoms with Crippen LogP contribution < -0.4 is 15.0 Å². The number of H-pyrrole nitrogens is 1. The van der Waals surface area contributed by atoms with Gasteiger partial charge in [0.25, 0.3) is 0 Å². The average Bonchev–Trinajstić information content (AvgIpc) is 3.23. The van der Waals surface area contributed by atoms with Crippen molar-refractivity contribution in [3.05, 3.63) is 48.3 Å². The van der Waals surface area contributed by atoms with E-state index in [9.17, 15) is 9.59 Å². The number of aromatic amines is 1. The van der Waals surface area contributed by atoms with Gasteiger partial charge in [0, 0.05) is 24.3 Å². The number of aromatic nitrogens is 2. The number of hydrogen-bond acceptors (Lipinski definition) is 4. The second-order valence-electron chi connectivity index (χ2n) is 6.65. The average molecular weight is 364 g/mol. The molecule has 1 saturated heterocycles. The summed E-state index contributed by atoms with van der Waals surface area (Å²) in [6.07, 6.45) is 0.198. The Balaban J connectivity index is 1.46. The van der Waals surface area contributed by atoms with Gasteiger partial charge in [-0.05, 0) is 49.4 Å². The molecule has 0 radical (unpaired) electrons. The summed E-state index contributed by atoms with van der Waals surface area (Å²) in [5.74, 6) is 0.947. The molecule has 1 fully saturated rings. The van der Waals surface area contributed by atoms with E-state index < -0.39 is 0 Å². The van der Waals surface area contributed by atoms with E-state index in [0.29, 0.717) is 12.2 Å². The van der Waals surface area contributed by atoms with Gasteiger partial charge < -0.3 is 19.9 Å². The Morgan fingerprint density at radius 1 is 1.26 bits per heavy atom. The molecule has 1 aromatic heterocycles. The first-order chi connectivity index (χ1) is 13.0. The summed E-state index contributed by atoms with van der Waals surface area (Å²) in [4.78, 5) is 34.2. The molecule has 1 aliphatic rings. The SMILES string of the molecule is COc1ccc(N2C[C@H](C(=O)Nc3ccc4nc(C)[nH]c4c3)CC2=O)cc1. The third kappa shape index (κ3) is 3.36. The third-order valence-electron chi connectivity index (χ3n) is 4.75. The lowest BCUT2D eigenvalue weighted by Gasteiger charge is -2.17. The van der Waals surface area contributed by atoms with Gasteiger partial charge in [0.1, 0.15) is 11.6 Å². The largest absolute Gasteiger partial charge is 0.497 e. The number of anilines is 2. The molecule has 2 aromatic carbocycles. The Hall–Kier alpha value is -3.35. The van der Waals surface area contributed by atoms with Crippen LogP contribution in [0.2, 0.25) is 0 Å². The maximum Gasteiger partial charge on any atom is 0.229 e. The zero-order valence-electron chi connectivity index (χ0n) is 15.2. The molecule has 3 aromatic rings. The minimum atomic E-state index is -0.390. The fraction of sp³-hybridized carbons (Fsp3) is 0.250. The number of rotatable bonds is 4. The molecule has 2 N–H and O–H groups in total. The Morgan fingerprint density at radius 2 is 2.04 bits per heavy atom. The molecular formula is C20H20N4O3. The molecule has 0 unspecified atom stereocenters. The van der Waals surface area contributed by atoms with Crippen LogP contribution in [0.4, 0.5) is 11.4 Å². The van der Waals surface area contributed by atoms with E-state index in [1.807, 2.05) is 37.3 Å². The summed E-state index contributed by atoms with van der Waals surface area (Å²) < 4.78 is 5.14. The summed E-state index contributed by atoms with van der Waals surface area (Å²) in [6.45, 7) is 2.25. The fourth-order valence-electron chi connectivity index (χ4n) is 3.35. The van der Waals surface area contributed by atoms with Crippen molar-refractivity contribution in [2.45, 2.75) is 13.3 Å². The topological polar surface area (TPSA) is 87.3 Å². The van der Waals surface area contributed by atoms with E-state index >= 15 is 0 Å². The number of imidazole rings is 1. The Morgan fingerprint density at radius 3 is 2.78 bits per heavy atom. The monoisotopic (exact) mass is 364 g/mol. The smallest absolute Gasteiger partial charge is 0.229 e. The second kappa shape index (κ2) is 6.75. The second-order valence-corrected chi connectivity index (χ2v) is 6.65. The lowest BCUT2D eigenvalue weighted by molar-refractivity contribution is -0.122. The fourth-order valence-corrected chi connectivity index (χ4v) is 3.35. The van der Waals surface area contributed by atoms with Gasteiger partial charge in [0.2, 0.25) is 11.8 Å². The lowest BCUT2D eigenvalue weighted by atomic mass is 10.1. The van der Waals surface area contributed by atoms with Gasteiger partial charge in [-0.1, -0.05) is 0 Å². The highest BCUT2D eigenvalue weighted by Gasteiger charge is 2.35. The van der Waals surface area contributed by atoms with Gasteiger partial charge >= 0.3 is 0 Å². The van der Waals surface area contributed by atoms with Crippen molar-refractivity contribution in [1.29, 1.82) is 0 Å². The van der Waals surface area contributed by atoms with E-state index in [-0.39, 0.29) is 24.2 Å². The summed E-state index contributed by atoms with van der Waals surface area (Å²) >= 11 is 0. The minimum Gasteiger partial charge on any atom is -0.497 e. The van der Waals surface area contributed by atoms with Crippen molar-refractivity contribution in [2.24, 2.45) is 5.92 Å². The number of methoxy groups -OCH3 is 1. The number of carbonyl (C=O) groups excluding carboxylic acids is 2. The number of fused-ring (bicyclic) bond motifs is 1. The standard InChI is InChI=1S/C20H20N4O3/c1-12-21-17-8-3-14(10-18(17)22-12)23-20(26)13-9-19(25)24(11-13)15-4-6-16(27-2)7-5-15/h3-8,10,13H,9,11H2,1-2H3,(H,21,22)(H,23,26)/t13-/m1/s1. The van der Waals surface area contributed by atoms with Gasteiger partial charge in [-0.15, -0.1) is 0 Å². The predicted octanol–water partition coefficient (Wildman–Crippen LogP) is 2.87. The first kappa shape index (κ1) is 17.1. The Bertz CT molecular complexity index is 1010. The van der Waals surface area contributed by atoms with Crippen LogP contribution in [0.5, 0.6) is 5.75 Å². The van der Waals surface area contributed by atoms with E-state index in [2.05, 4.69) is 15.3 Å². The number of ether oxygens (including phenoxy) is 1. The van der Waals surface area contributed by atoms with Crippen LogP contribution in [0.25, 0.3) is 11.0 Å². The molecule has 4 rings (SSSR count). The van der Waals surface area contributed by atoms with Crippen molar-refractivity contribution < 1.29 is 14.3 Å². The van der Waals surface area contributed by atoms with Crippen molar-refractivity contribution >= 4 is 34.2 Å². The quantitative estimate of drug-likeness (QED) is 0.745. The first-order valence-electron chi connectivity index (χ1n) is 8.75. The lowest BCUT2D eigenvalue weighted by Crippen LogP contribution is -2.28. The molecule has 2 amide bonds. The number of aryl methyl sites for hydroxylation is 1. The van der Waals surface area contributed by atoms with Crippen LogP contribution in [-0.4, -0.2) is 35.4 Å². The zero-order valence-corrected chi connectivity index (χ0v) is 15.2. The normalized spacial score (nSPS) is 16.7. The van der Waals surface area contributed by atoms with Gasteiger partial charge in [-0.2, -0.15) is 0 Å². The van der Waals surface area contributed by atoms with E-state index in [0.717, 1.165) is 28.3 Å². The maximum atomic E-state index is 12.6. The maximum absolute atomic E-state index is 12.6. The minimum absolute atomic E-state index is 0.0556. The molecule has 27 heavy (non-hydrogen) atoms. The molecule has 138 valence electrons. The summed E-state index contributed by atoms with van der Waals surface area (Å²) in [7, 11) is 1.60. The van der Waals surface area contributed by atoms with E-state index in [1.165, 1.54) is 0 Å². The Kier molecular flexibility index (Phi) is 4.27. The molecule has 0 spiro atoms. The highest BCUT2D eigenvalue weighted by atomic mass is 16.5. The zero-order chi connectivity index (χ0) is 19.0. The summed E-state index contributed by atoms with van der Waals surface area (Å²) in [5.41, 5.74) is 3.18. The van der Waals surface area contributed by atoms with Crippen molar-refractivity contribution in [3.63, 3.8) is 0 Å². The van der Waals surface area contributed by atoms with Crippen LogP contribution in [0.1, 0.15) is 12.2 Å². The molecule has 0 saturated carbocycles. The highest BCUT2D eigenvalue weighted by Crippen LogP contribution is 2.28. The number of amides is 2. The highest BCUT2D eigenvalue weighted by molar-refractivity contribution is 6.04. The summed E-state index contributed by atoms with van der Waals surface area (Å²) in [5, 5.41) is 2.91. The summed E-state index contributed by atoms with van der Waals surface area (Å²) in [6, 6.07) is 12.8. The molecule has 7 nitrogen and oxygen atoms in total. The number of nitrogens with zero attached hydrogens (tertiary/aromatic N) is 2. The van der Waals surface area contributed by atoms with Crippen molar-refractivity contribution in [1.82, 2.24) is 9.97 Å². The molecule has 1 aliphatic heterocycles. The molecule has 7 heteroatoms. The first-order valence-corrected chi connectivity index (χ1v) is 8.75. The van der Waals surface area contributed by atoms with Crippen LogP contribution >= 0.6 is 0 Å². The Labute approximate surface area is 156 Å². The molecule has 2 heterocycles. The van der Waals surface area contributed by atoms with Crippen LogP contribution in [0.15, 0.2) is 42.5 Å². The number of benzene rings is 2. The van der Waals surface area contributed by atoms with E-state index in [4.69, 9.17) is 4.74 Å². The predicted molar refractivity (Wildman–Crippen MR) is 103 cm³/mol. The van der Waals surface area contributed by atoms with Gasteiger partial charge in [0.15, 0.2) is 0 Å². The number of hydrogen-bond donors (Lipinski definition) is 2. The van der Waals surface area contributed by atoms with Gasteiger partial charge in [-0.3, -0.25) is 9.59 Å². The van der Waals surface area contributed by atoms with Gasteiger partial charge in [0.05, 0.1) is 24.1 Å². The van der Waals surface area contributed by atoms with Gasteiger partial charge in [-0.25, -0.2) is 4.98 Å². The van der Waals surface area contributed by atoms with Crippen LogP contribution in [0.3, 0.4) is 0 Å². The number of carbonyl (C=O) groups is 2. The van der Waals surface area contributed by atoms with Crippen molar-refractivity contribution in [3.8, 4) is 5.75 Å². The van der Waals surface area contributed by atoms with Crippen LogP contribution in [-0.2, 0) is 9.59 Å². The molecule has 0 bridgehead atoms. The third-order valence-corrected chi connectivity index (χ3v) is 4.75. The van der Waals surface area contributed by atoms with E-state index in [1.54, 1.807) is 24.1 Å². The molecule has 0 aliphatic carbocycles. The molecule has 1 atom stereocenters.